The summed E-state index contributed by atoms with van der Waals surface area (Å²) in [5, 5.41) is 10.4. The maximum Gasteiger partial charge on any atom is 0.416 e. The third-order valence-corrected chi connectivity index (χ3v) is 3.73. The van der Waals surface area contributed by atoms with Crippen molar-refractivity contribution in [1.82, 2.24) is 15.5 Å². The molecule has 5 nitrogen and oxygen atoms in total. The van der Waals surface area contributed by atoms with Crippen LogP contribution < -0.4 is 10.1 Å². The molecule has 0 bridgehead atoms. The van der Waals surface area contributed by atoms with Gasteiger partial charge in [0, 0.05) is 25.2 Å². The number of nitrogens with one attached hydrogen (secondary N) is 2. The lowest BCUT2D eigenvalue weighted by molar-refractivity contribution is -0.137. The second kappa shape index (κ2) is 7.23. The molecule has 2 aromatic rings. The highest BCUT2D eigenvalue weighted by atomic mass is 19.4. The fourth-order valence-corrected chi connectivity index (χ4v) is 2.45. The summed E-state index contributed by atoms with van der Waals surface area (Å²) in [7, 11) is 0. The van der Waals surface area contributed by atoms with Crippen LogP contribution in [-0.4, -0.2) is 36.5 Å². The van der Waals surface area contributed by atoms with E-state index in [0.717, 1.165) is 36.6 Å². The van der Waals surface area contributed by atoms with Gasteiger partial charge in [0.25, 0.3) is 0 Å². The minimum Gasteiger partial charge on any atom is -0.493 e. The third-order valence-electron chi connectivity index (χ3n) is 3.73. The Morgan fingerprint density at radius 3 is 2.71 bits per heavy atom. The summed E-state index contributed by atoms with van der Waals surface area (Å²) in [5.74, 6) is 0.405. The average molecular weight is 341 g/mol. The molecular formula is C16H18F3N3O2. The van der Waals surface area contributed by atoms with E-state index in [1.54, 1.807) is 0 Å². The Hall–Kier alpha value is -2.06. The molecule has 130 valence electrons. The van der Waals surface area contributed by atoms with E-state index in [1.807, 2.05) is 6.07 Å². The van der Waals surface area contributed by atoms with Crippen molar-refractivity contribution in [1.29, 1.82) is 0 Å². The number of nitrogens with zero attached hydrogens (tertiary/aromatic N) is 1. The average Bonchev–Trinajstić information content (AvgIpc) is 3.04. The van der Waals surface area contributed by atoms with Gasteiger partial charge in [0.1, 0.15) is 11.9 Å². The molecule has 1 atom stereocenters. The highest BCUT2D eigenvalue weighted by Crippen LogP contribution is 2.30. The second-order valence-electron chi connectivity index (χ2n) is 5.50. The number of H-pyrrole nitrogens is 1. The molecule has 24 heavy (non-hydrogen) atoms. The first-order valence-corrected chi connectivity index (χ1v) is 7.69. The van der Waals surface area contributed by atoms with Crippen LogP contribution in [0, 0.1) is 0 Å². The number of halogens is 3. The number of ether oxygens (including phenoxy) is 2. The molecule has 1 fully saturated rings. The highest BCUT2D eigenvalue weighted by Gasteiger charge is 2.30. The van der Waals surface area contributed by atoms with Gasteiger partial charge >= 0.3 is 6.18 Å². The van der Waals surface area contributed by atoms with Gasteiger partial charge in [-0.2, -0.15) is 18.3 Å². The highest BCUT2D eigenvalue weighted by molar-refractivity contribution is 5.28. The van der Waals surface area contributed by atoms with Gasteiger partial charge in [0.15, 0.2) is 0 Å². The van der Waals surface area contributed by atoms with Crippen LogP contribution in [0.3, 0.4) is 0 Å². The minimum absolute atomic E-state index is 0.0559. The van der Waals surface area contributed by atoms with E-state index >= 15 is 0 Å². The van der Waals surface area contributed by atoms with Crippen molar-refractivity contribution in [2.75, 3.05) is 26.3 Å². The zero-order chi connectivity index (χ0) is 17.0. The van der Waals surface area contributed by atoms with Gasteiger partial charge in [-0.3, -0.25) is 5.10 Å². The van der Waals surface area contributed by atoms with Crippen LogP contribution in [0.1, 0.15) is 23.1 Å². The molecule has 0 unspecified atom stereocenters. The van der Waals surface area contributed by atoms with Crippen molar-refractivity contribution in [3.63, 3.8) is 0 Å². The molecule has 8 heteroatoms. The van der Waals surface area contributed by atoms with Gasteiger partial charge in [-0.25, -0.2) is 0 Å². The Kier molecular flexibility index (Phi) is 5.06. The molecule has 1 saturated heterocycles. The summed E-state index contributed by atoms with van der Waals surface area (Å²) in [6.07, 6.45) is -3.81. The Labute approximate surface area is 137 Å². The summed E-state index contributed by atoms with van der Waals surface area (Å²) in [6, 6.07) is 6.59. The van der Waals surface area contributed by atoms with E-state index in [2.05, 4.69) is 15.5 Å². The normalized spacial score (nSPS) is 18.5. The summed E-state index contributed by atoms with van der Waals surface area (Å²) < 4.78 is 48.5. The quantitative estimate of drug-likeness (QED) is 0.878. The van der Waals surface area contributed by atoms with Gasteiger partial charge < -0.3 is 14.8 Å². The predicted molar refractivity (Wildman–Crippen MR) is 80.8 cm³/mol. The first kappa shape index (κ1) is 16.8. The lowest BCUT2D eigenvalue weighted by Gasteiger charge is -2.21. The number of aromatic amines is 1. The summed E-state index contributed by atoms with van der Waals surface area (Å²) >= 11 is 0. The summed E-state index contributed by atoms with van der Waals surface area (Å²) in [6.45, 7) is 2.57. The molecule has 0 aliphatic carbocycles. The third kappa shape index (κ3) is 4.27. The largest absolute Gasteiger partial charge is 0.493 e. The molecule has 1 aromatic carbocycles. The standard InChI is InChI=1S/C16H18F3N3O2/c17-16(18,19)11-1-3-13(4-2-11)23-7-5-12-9-14(22-21-12)15-10-20-6-8-24-15/h1-4,9,15,20H,5-8,10H2,(H,21,22)/t15-/m1/s1. The number of morpholine rings is 1. The number of aromatic nitrogens is 2. The molecule has 0 radical (unpaired) electrons. The van der Waals surface area contributed by atoms with Crippen molar-refractivity contribution < 1.29 is 22.6 Å². The molecular weight excluding hydrogens is 323 g/mol. The lowest BCUT2D eigenvalue weighted by Crippen LogP contribution is -2.33. The van der Waals surface area contributed by atoms with E-state index in [-0.39, 0.29) is 6.10 Å². The van der Waals surface area contributed by atoms with E-state index in [0.29, 0.717) is 25.4 Å². The zero-order valence-electron chi connectivity index (χ0n) is 12.9. The van der Waals surface area contributed by atoms with Crippen LogP contribution in [0.25, 0.3) is 0 Å². The van der Waals surface area contributed by atoms with Crippen LogP contribution in [0.4, 0.5) is 13.2 Å². The van der Waals surface area contributed by atoms with Gasteiger partial charge in [-0.05, 0) is 30.3 Å². The Morgan fingerprint density at radius 1 is 1.25 bits per heavy atom. The van der Waals surface area contributed by atoms with Crippen molar-refractivity contribution >= 4 is 0 Å². The van der Waals surface area contributed by atoms with Crippen molar-refractivity contribution in [3.05, 3.63) is 47.3 Å². The number of rotatable bonds is 5. The maximum atomic E-state index is 12.5. The van der Waals surface area contributed by atoms with E-state index in [1.165, 1.54) is 12.1 Å². The lowest BCUT2D eigenvalue weighted by atomic mass is 10.2. The molecule has 2 N–H and O–H groups in total. The van der Waals surface area contributed by atoms with Gasteiger partial charge in [0.05, 0.1) is 24.5 Å². The number of alkyl halides is 3. The summed E-state index contributed by atoms with van der Waals surface area (Å²) in [5.41, 5.74) is 1.05. The molecule has 1 aliphatic heterocycles. The Balaban J connectivity index is 1.49. The van der Waals surface area contributed by atoms with Crippen molar-refractivity contribution in [3.8, 4) is 5.75 Å². The van der Waals surface area contributed by atoms with E-state index in [9.17, 15) is 13.2 Å². The van der Waals surface area contributed by atoms with E-state index < -0.39 is 11.7 Å². The Morgan fingerprint density at radius 2 is 2.04 bits per heavy atom. The van der Waals surface area contributed by atoms with Crippen molar-refractivity contribution in [2.24, 2.45) is 0 Å². The van der Waals surface area contributed by atoms with Gasteiger partial charge in [-0.1, -0.05) is 0 Å². The fourth-order valence-electron chi connectivity index (χ4n) is 2.45. The zero-order valence-corrected chi connectivity index (χ0v) is 12.9. The smallest absolute Gasteiger partial charge is 0.416 e. The van der Waals surface area contributed by atoms with Crippen LogP contribution in [0.2, 0.25) is 0 Å². The molecule has 2 heterocycles. The van der Waals surface area contributed by atoms with E-state index in [4.69, 9.17) is 9.47 Å². The monoisotopic (exact) mass is 341 g/mol. The summed E-state index contributed by atoms with van der Waals surface area (Å²) in [4.78, 5) is 0. The molecule has 0 spiro atoms. The fraction of sp³-hybridized carbons (Fsp3) is 0.438. The second-order valence-corrected chi connectivity index (χ2v) is 5.50. The van der Waals surface area contributed by atoms with Crippen LogP contribution >= 0.6 is 0 Å². The number of hydrogen-bond acceptors (Lipinski definition) is 4. The van der Waals surface area contributed by atoms with Crippen LogP contribution in [0.5, 0.6) is 5.75 Å². The SMILES string of the molecule is FC(F)(F)c1ccc(OCCc2cc([C@H]3CNCCO3)n[nH]2)cc1. The van der Waals surface area contributed by atoms with Crippen LogP contribution in [0.15, 0.2) is 30.3 Å². The Bertz CT molecular complexity index is 649. The predicted octanol–water partition coefficient (Wildman–Crippen LogP) is 2.71. The number of hydrogen-bond donors (Lipinski definition) is 2. The number of benzene rings is 1. The molecule has 0 amide bonds. The topological polar surface area (TPSA) is 59.2 Å². The van der Waals surface area contributed by atoms with Gasteiger partial charge in [0.2, 0.25) is 0 Å². The van der Waals surface area contributed by atoms with Crippen LogP contribution in [-0.2, 0) is 17.3 Å². The first-order valence-electron chi connectivity index (χ1n) is 7.69. The molecule has 0 saturated carbocycles. The minimum atomic E-state index is -4.33. The molecule has 1 aromatic heterocycles. The van der Waals surface area contributed by atoms with Gasteiger partial charge in [-0.15, -0.1) is 0 Å². The molecule has 1 aliphatic rings. The molecule has 3 rings (SSSR count). The van der Waals surface area contributed by atoms with Crippen molar-refractivity contribution in [2.45, 2.75) is 18.7 Å². The first-order chi connectivity index (χ1) is 11.5. The maximum absolute atomic E-state index is 12.5.